The summed E-state index contributed by atoms with van der Waals surface area (Å²) < 4.78 is 0. The fourth-order valence-electron chi connectivity index (χ4n) is 1.39. The lowest BCUT2D eigenvalue weighted by atomic mass is 10.3. The Bertz CT molecular complexity index is 460. The molecule has 0 spiro atoms. The van der Waals surface area contributed by atoms with E-state index in [1.54, 1.807) is 5.51 Å². The third-order valence-electron chi connectivity index (χ3n) is 2.09. The van der Waals surface area contributed by atoms with Crippen LogP contribution in [0.15, 0.2) is 35.8 Å². The van der Waals surface area contributed by atoms with Crippen LogP contribution in [0.3, 0.4) is 0 Å². The summed E-state index contributed by atoms with van der Waals surface area (Å²) in [6, 6.07) is 12.0. The highest BCUT2D eigenvalue weighted by Gasteiger charge is 2.11. The number of nitrogens with zero attached hydrogens (tertiary/aromatic N) is 4. The van der Waals surface area contributed by atoms with Crippen LogP contribution in [-0.2, 0) is 0 Å². The van der Waals surface area contributed by atoms with Crippen LogP contribution >= 0.6 is 11.3 Å². The van der Waals surface area contributed by atoms with Gasteiger partial charge in [0.05, 0.1) is 12.5 Å². The van der Waals surface area contributed by atoms with E-state index in [0.29, 0.717) is 13.0 Å². The standard InChI is InChI=1S/C11H10N4S/c12-7-4-8-15(11-14-13-9-16-11)10-5-2-1-3-6-10/h1-3,5-6,9H,4,8H2. The van der Waals surface area contributed by atoms with Crippen molar-refractivity contribution in [2.45, 2.75) is 6.42 Å². The van der Waals surface area contributed by atoms with E-state index in [4.69, 9.17) is 5.26 Å². The van der Waals surface area contributed by atoms with Crippen molar-refractivity contribution in [3.05, 3.63) is 35.8 Å². The van der Waals surface area contributed by atoms with Gasteiger partial charge in [-0.1, -0.05) is 29.5 Å². The van der Waals surface area contributed by atoms with Gasteiger partial charge in [0.25, 0.3) is 0 Å². The van der Waals surface area contributed by atoms with Gasteiger partial charge in [0.1, 0.15) is 5.51 Å². The van der Waals surface area contributed by atoms with E-state index in [1.807, 2.05) is 35.2 Å². The molecule has 4 nitrogen and oxygen atoms in total. The smallest absolute Gasteiger partial charge is 0.212 e. The van der Waals surface area contributed by atoms with E-state index in [0.717, 1.165) is 10.8 Å². The molecule has 0 unspecified atom stereocenters. The normalized spacial score (nSPS) is 9.69. The molecule has 0 aliphatic carbocycles. The molecule has 0 aliphatic rings. The molecule has 0 N–H and O–H groups in total. The Labute approximate surface area is 97.8 Å². The van der Waals surface area contributed by atoms with Gasteiger partial charge in [-0.3, -0.25) is 0 Å². The maximum Gasteiger partial charge on any atom is 0.212 e. The van der Waals surface area contributed by atoms with Crippen molar-refractivity contribution in [2.24, 2.45) is 0 Å². The molecule has 2 aromatic rings. The molecule has 0 bridgehead atoms. The largest absolute Gasteiger partial charge is 0.315 e. The Hall–Kier alpha value is -1.93. The second-order valence-corrected chi connectivity index (χ2v) is 3.93. The van der Waals surface area contributed by atoms with E-state index >= 15 is 0 Å². The first-order valence-corrected chi connectivity index (χ1v) is 5.75. The first kappa shape index (κ1) is 10.6. The van der Waals surface area contributed by atoms with Gasteiger partial charge in [0.2, 0.25) is 5.13 Å². The van der Waals surface area contributed by atoms with Crippen molar-refractivity contribution in [3.8, 4) is 6.07 Å². The van der Waals surface area contributed by atoms with Crippen LogP contribution in [0, 0.1) is 11.3 Å². The molecule has 0 fully saturated rings. The molecular formula is C11H10N4S. The van der Waals surface area contributed by atoms with Crippen molar-refractivity contribution in [2.75, 3.05) is 11.4 Å². The molecule has 16 heavy (non-hydrogen) atoms. The maximum absolute atomic E-state index is 8.65. The zero-order valence-electron chi connectivity index (χ0n) is 8.58. The molecule has 0 atom stereocenters. The van der Waals surface area contributed by atoms with Gasteiger partial charge in [0.15, 0.2) is 0 Å². The Morgan fingerprint density at radius 3 is 2.75 bits per heavy atom. The minimum absolute atomic E-state index is 0.467. The predicted molar refractivity (Wildman–Crippen MR) is 63.6 cm³/mol. The van der Waals surface area contributed by atoms with Crippen LogP contribution in [0.2, 0.25) is 0 Å². The number of rotatable bonds is 4. The zero-order valence-corrected chi connectivity index (χ0v) is 9.39. The molecule has 2 rings (SSSR count). The number of para-hydroxylation sites is 1. The average molecular weight is 230 g/mol. The molecule has 80 valence electrons. The lowest BCUT2D eigenvalue weighted by molar-refractivity contribution is 0.921. The molecule has 0 amide bonds. The summed E-state index contributed by atoms with van der Waals surface area (Å²) in [6.07, 6.45) is 0.467. The van der Waals surface area contributed by atoms with Crippen LogP contribution in [0.5, 0.6) is 0 Å². The fraction of sp³-hybridized carbons (Fsp3) is 0.182. The topological polar surface area (TPSA) is 52.8 Å². The van der Waals surface area contributed by atoms with Gasteiger partial charge < -0.3 is 4.90 Å². The number of aromatic nitrogens is 2. The number of nitriles is 1. The highest BCUT2D eigenvalue weighted by Crippen LogP contribution is 2.25. The van der Waals surface area contributed by atoms with Crippen LogP contribution in [0.4, 0.5) is 10.8 Å². The molecule has 0 saturated heterocycles. The second-order valence-electron chi connectivity index (χ2n) is 3.12. The van der Waals surface area contributed by atoms with Crippen molar-refractivity contribution in [1.29, 1.82) is 5.26 Å². The molecule has 0 radical (unpaired) electrons. The minimum Gasteiger partial charge on any atom is -0.315 e. The van der Waals surface area contributed by atoms with Crippen LogP contribution in [-0.4, -0.2) is 16.7 Å². The summed E-state index contributed by atoms with van der Waals surface area (Å²) in [5, 5.41) is 17.3. The SMILES string of the molecule is N#CCCN(c1ccccc1)c1nncs1. The Morgan fingerprint density at radius 2 is 2.12 bits per heavy atom. The Kier molecular flexibility index (Phi) is 3.46. The predicted octanol–water partition coefficient (Wildman–Crippen LogP) is 2.59. The van der Waals surface area contributed by atoms with Crippen molar-refractivity contribution in [1.82, 2.24) is 10.2 Å². The summed E-state index contributed by atoms with van der Waals surface area (Å²) in [5.74, 6) is 0. The van der Waals surface area contributed by atoms with Crippen molar-refractivity contribution >= 4 is 22.2 Å². The Balaban J connectivity index is 2.26. The molecular weight excluding hydrogens is 220 g/mol. The molecule has 0 saturated carbocycles. The van der Waals surface area contributed by atoms with Gasteiger partial charge in [-0.15, -0.1) is 10.2 Å². The third-order valence-corrected chi connectivity index (χ3v) is 2.81. The number of anilines is 2. The minimum atomic E-state index is 0.467. The van der Waals surface area contributed by atoms with E-state index in [1.165, 1.54) is 11.3 Å². The van der Waals surface area contributed by atoms with Gasteiger partial charge >= 0.3 is 0 Å². The van der Waals surface area contributed by atoms with Gasteiger partial charge in [0, 0.05) is 12.2 Å². The monoisotopic (exact) mass is 230 g/mol. The third kappa shape index (κ3) is 2.35. The summed E-state index contributed by atoms with van der Waals surface area (Å²) in [7, 11) is 0. The summed E-state index contributed by atoms with van der Waals surface area (Å²) in [6.45, 7) is 0.635. The zero-order chi connectivity index (χ0) is 11.2. The maximum atomic E-state index is 8.65. The molecule has 0 aliphatic heterocycles. The lowest BCUT2D eigenvalue weighted by Crippen LogP contribution is -2.17. The molecule has 5 heteroatoms. The number of hydrogen-bond acceptors (Lipinski definition) is 5. The van der Waals surface area contributed by atoms with E-state index in [-0.39, 0.29) is 0 Å². The molecule has 1 aromatic heterocycles. The van der Waals surface area contributed by atoms with Crippen LogP contribution in [0.25, 0.3) is 0 Å². The first-order chi connectivity index (χ1) is 7.92. The van der Waals surface area contributed by atoms with E-state index in [9.17, 15) is 0 Å². The lowest BCUT2D eigenvalue weighted by Gasteiger charge is -2.19. The van der Waals surface area contributed by atoms with E-state index in [2.05, 4.69) is 16.3 Å². The summed E-state index contributed by atoms with van der Waals surface area (Å²) in [5.41, 5.74) is 2.73. The second kappa shape index (κ2) is 5.24. The molecule has 1 heterocycles. The van der Waals surface area contributed by atoms with Gasteiger partial charge in [-0.25, -0.2) is 0 Å². The Morgan fingerprint density at radius 1 is 1.31 bits per heavy atom. The van der Waals surface area contributed by atoms with Gasteiger partial charge in [-0.05, 0) is 12.1 Å². The summed E-state index contributed by atoms with van der Waals surface area (Å²) in [4.78, 5) is 2.00. The van der Waals surface area contributed by atoms with Crippen LogP contribution in [0.1, 0.15) is 6.42 Å². The average Bonchev–Trinajstić information content (AvgIpc) is 2.85. The summed E-state index contributed by atoms with van der Waals surface area (Å²) >= 11 is 1.47. The van der Waals surface area contributed by atoms with Crippen molar-refractivity contribution in [3.63, 3.8) is 0 Å². The van der Waals surface area contributed by atoms with E-state index < -0.39 is 0 Å². The van der Waals surface area contributed by atoms with Gasteiger partial charge in [-0.2, -0.15) is 5.26 Å². The highest BCUT2D eigenvalue weighted by atomic mass is 32.1. The number of benzene rings is 1. The number of hydrogen-bond donors (Lipinski definition) is 0. The van der Waals surface area contributed by atoms with Crippen molar-refractivity contribution < 1.29 is 0 Å². The highest BCUT2D eigenvalue weighted by molar-refractivity contribution is 7.13. The first-order valence-electron chi connectivity index (χ1n) is 4.87. The quantitative estimate of drug-likeness (QED) is 0.810. The van der Waals surface area contributed by atoms with Crippen LogP contribution < -0.4 is 4.90 Å². The molecule has 1 aromatic carbocycles. The fourth-order valence-corrected chi connectivity index (χ4v) is 2.00.